The molecule has 1 saturated heterocycles. The Hall–Kier alpha value is -2.21. The Morgan fingerprint density at radius 2 is 1.85 bits per heavy atom. The Morgan fingerprint density at radius 1 is 1.19 bits per heavy atom. The molecule has 3 atom stereocenters. The molecular weight excluding hydrogens is 348 g/mol. The van der Waals surface area contributed by atoms with Gasteiger partial charge in [-0.05, 0) is 51.7 Å². The van der Waals surface area contributed by atoms with Crippen molar-refractivity contribution in [2.45, 2.75) is 77.6 Å². The summed E-state index contributed by atoms with van der Waals surface area (Å²) in [5.41, 5.74) is 2.04. The Morgan fingerprint density at radius 3 is 2.48 bits per heavy atom. The highest BCUT2D eigenvalue weighted by atomic mass is 16.7. The van der Waals surface area contributed by atoms with Crippen LogP contribution >= 0.6 is 0 Å². The van der Waals surface area contributed by atoms with E-state index in [-0.39, 0.29) is 18.2 Å². The summed E-state index contributed by atoms with van der Waals surface area (Å²) >= 11 is 0. The number of ether oxygens (including phenoxy) is 2. The summed E-state index contributed by atoms with van der Waals surface area (Å²) in [5, 5.41) is 8.70. The molecule has 0 unspecified atom stereocenters. The third-order valence-corrected chi connectivity index (χ3v) is 5.05. The number of carbonyl (C=O) groups is 3. The van der Waals surface area contributed by atoms with Crippen molar-refractivity contribution in [1.29, 1.82) is 0 Å². The number of fused-ring (bicyclic) bond motifs is 1. The molecule has 1 fully saturated rings. The lowest BCUT2D eigenvalue weighted by Crippen LogP contribution is -2.38. The van der Waals surface area contributed by atoms with Crippen LogP contribution in [0.1, 0.15) is 59.8 Å². The quantitative estimate of drug-likeness (QED) is 0.376. The van der Waals surface area contributed by atoms with Gasteiger partial charge in [0.1, 0.15) is 6.10 Å². The highest BCUT2D eigenvalue weighted by molar-refractivity contribution is 6.02. The van der Waals surface area contributed by atoms with Gasteiger partial charge >= 0.3 is 11.9 Å². The molecule has 1 heterocycles. The van der Waals surface area contributed by atoms with Crippen molar-refractivity contribution in [2.75, 3.05) is 0 Å². The second-order valence-corrected chi connectivity index (χ2v) is 7.45. The third kappa shape index (κ3) is 5.39. The summed E-state index contributed by atoms with van der Waals surface area (Å²) in [5.74, 6) is -1.24. The number of esters is 1. The minimum Gasteiger partial charge on any atom is -0.481 e. The van der Waals surface area contributed by atoms with Gasteiger partial charge in [0, 0.05) is 19.8 Å². The molecule has 0 saturated carbocycles. The first-order chi connectivity index (χ1) is 12.7. The van der Waals surface area contributed by atoms with Crippen molar-refractivity contribution in [3.05, 3.63) is 34.9 Å². The van der Waals surface area contributed by atoms with Crippen molar-refractivity contribution >= 4 is 17.7 Å². The van der Waals surface area contributed by atoms with E-state index in [0.717, 1.165) is 29.6 Å². The molecule has 2 aliphatic rings. The molecule has 1 aliphatic heterocycles. The molecule has 6 nitrogen and oxygen atoms in total. The van der Waals surface area contributed by atoms with E-state index < -0.39 is 23.8 Å². The van der Waals surface area contributed by atoms with Crippen LogP contribution in [0.3, 0.4) is 0 Å². The van der Waals surface area contributed by atoms with Crippen LogP contribution in [0.5, 0.6) is 0 Å². The van der Waals surface area contributed by atoms with Gasteiger partial charge in [-0.25, -0.2) is 0 Å². The third-order valence-electron chi connectivity index (χ3n) is 5.05. The van der Waals surface area contributed by atoms with Crippen LogP contribution in [0.4, 0.5) is 0 Å². The van der Waals surface area contributed by atoms with Crippen LogP contribution in [0.15, 0.2) is 34.9 Å². The van der Waals surface area contributed by atoms with Gasteiger partial charge in [0.15, 0.2) is 17.5 Å². The molecule has 0 aromatic carbocycles. The lowest BCUT2D eigenvalue weighted by atomic mass is 9.84. The molecule has 148 valence electrons. The van der Waals surface area contributed by atoms with Crippen LogP contribution in [0.2, 0.25) is 0 Å². The van der Waals surface area contributed by atoms with Gasteiger partial charge in [0.2, 0.25) is 0 Å². The molecule has 6 heteroatoms. The van der Waals surface area contributed by atoms with Crippen LogP contribution < -0.4 is 0 Å². The fourth-order valence-corrected chi connectivity index (χ4v) is 3.33. The fourth-order valence-electron chi connectivity index (χ4n) is 3.33. The van der Waals surface area contributed by atoms with Crippen molar-refractivity contribution < 1.29 is 29.0 Å². The van der Waals surface area contributed by atoms with Gasteiger partial charge in [-0.3, -0.25) is 14.4 Å². The normalized spacial score (nSPS) is 27.7. The summed E-state index contributed by atoms with van der Waals surface area (Å²) in [4.78, 5) is 34.3. The Bertz CT molecular complexity index is 714. The summed E-state index contributed by atoms with van der Waals surface area (Å²) in [6, 6.07) is 0. The standard InChI is InChI=1S/C21H28O6/c1-13(8-9-18(24)25)6-5-7-14(2)10-11-21-17(23)12-15(3)19(20(21)27-21)26-16(4)22/h6,10,12,19-20H,5,7-9,11H2,1-4H3,(H,24,25)/t19-,20-,21+/m1/s1. The van der Waals surface area contributed by atoms with Crippen molar-refractivity contribution in [3.8, 4) is 0 Å². The molecular formula is C21H28O6. The summed E-state index contributed by atoms with van der Waals surface area (Å²) < 4.78 is 11.0. The van der Waals surface area contributed by atoms with E-state index >= 15 is 0 Å². The Labute approximate surface area is 159 Å². The molecule has 0 radical (unpaired) electrons. The average molecular weight is 376 g/mol. The fraction of sp³-hybridized carbons (Fsp3) is 0.571. The zero-order valence-electron chi connectivity index (χ0n) is 16.4. The summed E-state index contributed by atoms with van der Waals surface area (Å²) in [7, 11) is 0. The van der Waals surface area contributed by atoms with E-state index in [9.17, 15) is 14.4 Å². The lowest BCUT2D eigenvalue weighted by Gasteiger charge is -2.22. The minimum absolute atomic E-state index is 0.0677. The van der Waals surface area contributed by atoms with Crippen LogP contribution in [0.25, 0.3) is 0 Å². The second-order valence-electron chi connectivity index (χ2n) is 7.45. The number of hydrogen-bond donors (Lipinski definition) is 1. The number of ketones is 1. The molecule has 1 N–H and O–H groups in total. The molecule has 0 spiro atoms. The van der Waals surface area contributed by atoms with Crippen LogP contribution in [-0.4, -0.2) is 40.6 Å². The molecule has 1 aliphatic carbocycles. The van der Waals surface area contributed by atoms with Crippen LogP contribution in [-0.2, 0) is 23.9 Å². The minimum atomic E-state index is -0.895. The molecule has 2 rings (SSSR count). The van der Waals surface area contributed by atoms with E-state index in [1.807, 2.05) is 19.9 Å². The van der Waals surface area contributed by atoms with Gasteiger partial charge in [-0.2, -0.15) is 0 Å². The van der Waals surface area contributed by atoms with Gasteiger partial charge in [0.05, 0.1) is 0 Å². The van der Waals surface area contributed by atoms with E-state index in [2.05, 4.69) is 6.08 Å². The van der Waals surface area contributed by atoms with E-state index in [0.29, 0.717) is 12.8 Å². The van der Waals surface area contributed by atoms with Gasteiger partial charge < -0.3 is 14.6 Å². The number of allylic oxidation sites excluding steroid dienone is 3. The molecule has 0 aromatic heterocycles. The largest absolute Gasteiger partial charge is 0.481 e. The first kappa shape index (κ1) is 21.1. The lowest BCUT2D eigenvalue weighted by molar-refractivity contribution is -0.145. The predicted molar refractivity (Wildman–Crippen MR) is 100 cm³/mol. The number of carbonyl (C=O) groups excluding carboxylic acids is 2. The summed E-state index contributed by atoms with van der Waals surface area (Å²) in [6.45, 7) is 7.07. The monoisotopic (exact) mass is 376 g/mol. The first-order valence-corrected chi connectivity index (χ1v) is 9.26. The number of aliphatic carboxylic acids is 1. The number of carboxylic acid groups (broad SMARTS) is 1. The smallest absolute Gasteiger partial charge is 0.303 e. The van der Waals surface area contributed by atoms with Gasteiger partial charge in [-0.15, -0.1) is 0 Å². The zero-order valence-corrected chi connectivity index (χ0v) is 16.4. The highest BCUT2D eigenvalue weighted by Crippen LogP contribution is 2.49. The number of rotatable bonds is 9. The van der Waals surface area contributed by atoms with E-state index in [1.165, 1.54) is 13.0 Å². The number of epoxide rings is 1. The zero-order chi connectivity index (χ0) is 20.2. The molecule has 0 aromatic rings. The molecule has 27 heavy (non-hydrogen) atoms. The molecule has 0 amide bonds. The van der Waals surface area contributed by atoms with Crippen molar-refractivity contribution in [3.63, 3.8) is 0 Å². The Balaban J connectivity index is 1.90. The predicted octanol–water partition coefficient (Wildman–Crippen LogP) is 3.51. The first-order valence-electron chi connectivity index (χ1n) is 9.26. The maximum absolute atomic E-state index is 12.4. The van der Waals surface area contributed by atoms with Crippen molar-refractivity contribution in [2.24, 2.45) is 0 Å². The number of carboxylic acids is 1. The van der Waals surface area contributed by atoms with E-state index in [1.54, 1.807) is 6.92 Å². The SMILES string of the molecule is CC(=O)O[C@@H]1C(C)=CC(=O)[C@]2(CC=C(C)CCC=C(C)CCC(=O)O)O[C@H]12. The van der Waals surface area contributed by atoms with Gasteiger partial charge in [-0.1, -0.05) is 23.3 Å². The average Bonchev–Trinajstić information content (AvgIpc) is 3.31. The Kier molecular flexibility index (Phi) is 6.76. The van der Waals surface area contributed by atoms with Crippen molar-refractivity contribution in [1.82, 2.24) is 0 Å². The topological polar surface area (TPSA) is 93.2 Å². The summed E-state index contributed by atoms with van der Waals surface area (Å²) in [6.07, 6.45) is 7.54. The maximum atomic E-state index is 12.4. The van der Waals surface area contributed by atoms with E-state index in [4.69, 9.17) is 14.6 Å². The number of hydrogen-bond acceptors (Lipinski definition) is 5. The highest BCUT2D eigenvalue weighted by Gasteiger charge is 2.67. The molecule has 0 bridgehead atoms. The van der Waals surface area contributed by atoms with Gasteiger partial charge in [0.25, 0.3) is 0 Å². The van der Waals surface area contributed by atoms with Crippen LogP contribution in [0, 0.1) is 0 Å². The second kappa shape index (κ2) is 8.65. The maximum Gasteiger partial charge on any atom is 0.303 e.